The lowest BCUT2D eigenvalue weighted by Crippen LogP contribution is -2.35. The largest absolute Gasteiger partial charge is 0.336 e. The average Bonchev–Trinajstić information content (AvgIpc) is 3.01. The van der Waals surface area contributed by atoms with Gasteiger partial charge in [-0.2, -0.15) is 0 Å². The van der Waals surface area contributed by atoms with Crippen molar-refractivity contribution in [1.29, 1.82) is 0 Å². The van der Waals surface area contributed by atoms with Gasteiger partial charge in [-0.05, 0) is 24.6 Å². The fourth-order valence-corrected chi connectivity index (χ4v) is 3.16. The molecular formula is C16H20N4O. The number of nitrogens with one attached hydrogen (secondary N) is 1. The van der Waals surface area contributed by atoms with Gasteiger partial charge in [-0.25, -0.2) is 10.8 Å². The zero-order chi connectivity index (χ0) is 14.8. The maximum atomic E-state index is 12.9. The molecule has 3 N–H and O–H groups in total. The van der Waals surface area contributed by atoms with Crippen LogP contribution in [0.3, 0.4) is 0 Å². The third-order valence-corrected chi connectivity index (χ3v) is 4.27. The molecule has 0 bridgehead atoms. The van der Waals surface area contributed by atoms with Crippen LogP contribution in [-0.4, -0.2) is 28.4 Å². The lowest BCUT2D eigenvalue weighted by molar-refractivity contribution is 0.0735. The first-order valence-corrected chi connectivity index (χ1v) is 7.41. The van der Waals surface area contributed by atoms with Gasteiger partial charge in [0.2, 0.25) is 0 Å². The van der Waals surface area contributed by atoms with Crippen LogP contribution in [0, 0.1) is 0 Å². The number of amides is 1. The Morgan fingerprint density at radius 1 is 1.43 bits per heavy atom. The molecule has 1 aliphatic rings. The number of nitrogen functional groups attached to an aromatic ring is 1. The van der Waals surface area contributed by atoms with Gasteiger partial charge in [0.25, 0.3) is 5.91 Å². The minimum Gasteiger partial charge on any atom is -0.336 e. The van der Waals surface area contributed by atoms with E-state index in [1.54, 1.807) is 6.20 Å². The topological polar surface area (TPSA) is 71.2 Å². The minimum absolute atomic E-state index is 0.0756. The van der Waals surface area contributed by atoms with Gasteiger partial charge in [-0.1, -0.05) is 31.2 Å². The van der Waals surface area contributed by atoms with E-state index in [0.717, 1.165) is 36.6 Å². The van der Waals surface area contributed by atoms with E-state index in [0.29, 0.717) is 17.4 Å². The second-order valence-corrected chi connectivity index (χ2v) is 5.41. The van der Waals surface area contributed by atoms with Crippen molar-refractivity contribution in [3.05, 3.63) is 36.0 Å². The van der Waals surface area contributed by atoms with Crippen LogP contribution >= 0.6 is 0 Å². The molecule has 21 heavy (non-hydrogen) atoms. The zero-order valence-corrected chi connectivity index (χ0v) is 12.2. The van der Waals surface area contributed by atoms with E-state index in [4.69, 9.17) is 5.84 Å². The maximum Gasteiger partial charge on any atom is 0.256 e. The smallest absolute Gasteiger partial charge is 0.256 e. The van der Waals surface area contributed by atoms with Gasteiger partial charge in [-0.15, -0.1) is 0 Å². The van der Waals surface area contributed by atoms with Crippen LogP contribution in [0.2, 0.25) is 0 Å². The van der Waals surface area contributed by atoms with Gasteiger partial charge < -0.3 is 10.3 Å². The van der Waals surface area contributed by atoms with Gasteiger partial charge in [0.05, 0.1) is 5.56 Å². The highest BCUT2D eigenvalue weighted by Crippen LogP contribution is 2.28. The van der Waals surface area contributed by atoms with Crippen molar-refractivity contribution in [3.63, 3.8) is 0 Å². The van der Waals surface area contributed by atoms with Crippen molar-refractivity contribution in [2.75, 3.05) is 12.0 Å². The summed E-state index contributed by atoms with van der Waals surface area (Å²) in [6.07, 6.45) is 4.80. The molecular weight excluding hydrogens is 264 g/mol. The molecule has 5 nitrogen and oxygen atoms in total. The molecule has 0 aliphatic carbocycles. The van der Waals surface area contributed by atoms with Crippen LogP contribution in [0.4, 0.5) is 5.82 Å². The number of nitrogens with zero attached hydrogens (tertiary/aromatic N) is 2. The lowest BCUT2D eigenvalue weighted by Gasteiger charge is -2.24. The summed E-state index contributed by atoms with van der Waals surface area (Å²) in [4.78, 5) is 19.1. The molecule has 3 rings (SSSR count). The first kappa shape index (κ1) is 13.8. The van der Waals surface area contributed by atoms with Crippen molar-refractivity contribution in [2.24, 2.45) is 5.84 Å². The average molecular weight is 284 g/mol. The first-order valence-electron chi connectivity index (χ1n) is 7.41. The molecule has 2 heterocycles. The highest BCUT2D eigenvalue weighted by Gasteiger charge is 2.29. The normalized spacial score (nSPS) is 18.2. The molecule has 1 aromatic carbocycles. The molecule has 110 valence electrons. The zero-order valence-electron chi connectivity index (χ0n) is 12.2. The van der Waals surface area contributed by atoms with Crippen molar-refractivity contribution in [1.82, 2.24) is 9.88 Å². The summed E-state index contributed by atoms with van der Waals surface area (Å²) in [5.41, 5.74) is 3.25. The number of hydrogen-bond acceptors (Lipinski definition) is 4. The monoisotopic (exact) mass is 284 g/mol. The molecule has 1 saturated heterocycles. The van der Waals surface area contributed by atoms with Crippen LogP contribution in [0.1, 0.15) is 36.5 Å². The molecule has 1 fully saturated rings. The number of pyridine rings is 1. The summed E-state index contributed by atoms with van der Waals surface area (Å²) >= 11 is 0. The first-order chi connectivity index (χ1) is 10.3. The third-order valence-electron chi connectivity index (χ3n) is 4.27. The fourth-order valence-electron chi connectivity index (χ4n) is 3.16. The van der Waals surface area contributed by atoms with Crippen LogP contribution in [0.5, 0.6) is 0 Å². The van der Waals surface area contributed by atoms with Gasteiger partial charge in [0.15, 0.2) is 0 Å². The molecule has 0 radical (unpaired) electrons. The summed E-state index contributed by atoms with van der Waals surface area (Å²) < 4.78 is 0. The number of likely N-dealkylation sites (tertiary alicyclic amines) is 1. The number of carbonyl (C=O) groups excluding carboxylic acids is 1. The van der Waals surface area contributed by atoms with Gasteiger partial charge in [0, 0.05) is 24.2 Å². The Labute approximate surface area is 124 Å². The second kappa shape index (κ2) is 5.69. The predicted octanol–water partition coefficient (Wildman–Crippen LogP) is 2.54. The summed E-state index contributed by atoms with van der Waals surface area (Å²) in [7, 11) is 0. The number of benzene rings is 1. The number of hydrogen-bond donors (Lipinski definition) is 2. The van der Waals surface area contributed by atoms with E-state index in [1.807, 2.05) is 29.2 Å². The number of fused-ring (bicyclic) bond motifs is 1. The van der Waals surface area contributed by atoms with E-state index >= 15 is 0 Å². The Kier molecular flexibility index (Phi) is 3.75. The van der Waals surface area contributed by atoms with Crippen LogP contribution < -0.4 is 11.3 Å². The lowest BCUT2D eigenvalue weighted by atomic mass is 10.1. The Morgan fingerprint density at radius 3 is 2.90 bits per heavy atom. The van der Waals surface area contributed by atoms with E-state index in [1.165, 1.54) is 0 Å². The predicted molar refractivity (Wildman–Crippen MR) is 83.9 cm³/mol. The number of aromatic nitrogens is 1. The number of carbonyl (C=O) groups is 1. The van der Waals surface area contributed by atoms with E-state index in [-0.39, 0.29) is 5.91 Å². The Hall–Kier alpha value is -2.14. The van der Waals surface area contributed by atoms with E-state index in [9.17, 15) is 4.79 Å². The molecule has 1 unspecified atom stereocenters. The molecule has 2 aromatic rings. The molecule has 1 aliphatic heterocycles. The van der Waals surface area contributed by atoms with E-state index < -0.39 is 0 Å². The summed E-state index contributed by atoms with van der Waals surface area (Å²) in [6, 6.07) is 8.07. The van der Waals surface area contributed by atoms with Crippen LogP contribution in [0.25, 0.3) is 10.8 Å². The quantitative estimate of drug-likeness (QED) is 0.671. The highest BCUT2D eigenvalue weighted by atomic mass is 16.2. The summed E-state index contributed by atoms with van der Waals surface area (Å²) in [5, 5.41) is 1.77. The number of rotatable bonds is 3. The maximum absolute atomic E-state index is 12.9. The van der Waals surface area contributed by atoms with Crippen molar-refractivity contribution in [3.8, 4) is 0 Å². The van der Waals surface area contributed by atoms with Crippen LogP contribution in [-0.2, 0) is 0 Å². The molecule has 0 saturated carbocycles. The molecule has 1 aromatic heterocycles. The number of nitrogens with two attached hydrogens (primary N) is 1. The summed E-state index contributed by atoms with van der Waals surface area (Å²) in [6.45, 7) is 2.97. The number of hydrazine groups is 1. The summed E-state index contributed by atoms with van der Waals surface area (Å²) in [5.74, 6) is 6.17. The minimum atomic E-state index is 0.0756. The Morgan fingerprint density at radius 2 is 2.19 bits per heavy atom. The van der Waals surface area contributed by atoms with Gasteiger partial charge in [0.1, 0.15) is 5.82 Å². The van der Waals surface area contributed by atoms with Crippen molar-refractivity contribution < 1.29 is 4.79 Å². The van der Waals surface area contributed by atoms with Crippen molar-refractivity contribution in [2.45, 2.75) is 32.2 Å². The second-order valence-electron chi connectivity index (χ2n) is 5.41. The molecule has 1 atom stereocenters. The molecule has 0 spiro atoms. The van der Waals surface area contributed by atoms with Gasteiger partial charge in [-0.3, -0.25) is 4.79 Å². The Balaban J connectivity index is 2.06. The standard InChI is InChI=1S/C16H20N4O/c1-2-11-6-5-9-20(11)16(21)14-10-18-15(19-17)13-8-4-3-7-12(13)14/h3-4,7-8,10-11H,2,5-6,9,17H2,1H3,(H,18,19). The fraction of sp³-hybridized carbons (Fsp3) is 0.375. The molecule has 5 heteroatoms. The Bertz CT molecular complexity index is 670. The van der Waals surface area contributed by atoms with Gasteiger partial charge >= 0.3 is 0 Å². The molecule has 1 amide bonds. The van der Waals surface area contributed by atoms with Crippen LogP contribution in [0.15, 0.2) is 30.5 Å². The number of anilines is 1. The SMILES string of the molecule is CCC1CCCN1C(=O)c1cnc(NN)c2ccccc12. The highest BCUT2D eigenvalue weighted by molar-refractivity contribution is 6.09. The van der Waals surface area contributed by atoms with Crippen molar-refractivity contribution >= 4 is 22.5 Å². The third kappa shape index (κ3) is 2.34. The van der Waals surface area contributed by atoms with E-state index in [2.05, 4.69) is 17.3 Å².